The van der Waals surface area contributed by atoms with E-state index < -0.39 is 5.97 Å². The standard InChI is InChI=1S/C13H16N4O3S/c1-8-5-11-15-6-10(9(2)17(11)16-8)13(20)14-3-4-21-7-12(18)19/h5-6H,3-4,7H2,1-2H3,(H,14,20)(H,18,19). The quantitative estimate of drug-likeness (QED) is 0.769. The maximum absolute atomic E-state index is 12.1. The fraction of sp³-hybridized carbons (Fsp3) is 0.385. The normalized spacial score (nSPS) is 10.8. The maximum Gasteiger partial charge on any atom is 0.313 e. The number of nitrogens with one attached hydrogen (secondary N) is 1. The van der Waals surface area contributed by atoms with Crippen molar-refractivity contribution < 1.29 is 14.7 Å². The number of carboxylic acid groups (broad SMARTS) is 1. The monoisotopic (exact) mass is 308 g/mol. The summed E-state index contributed by atoms with van der Waals surface area (Å²) in [6.07, 6.45) is 1.53. The lowest BCUT2D eigenvalue weighted by atomic mass is 10.2. The molecule has 0 spiro atoms. The minimum absolute atomic E-state index is 0.0367. The largest absolute Gasteiger partial charge is 0.481 e. The Kier molecular flexibility index (Phi) is 4.79. The second-order valence-electron chi connectivity index (χ2n) is 4.52. The van der Waals surface area contributed by atoms with E-state index in [2.05, 4.69) is 15.4 Å². The van der Waals surface area contributed by atoms with Crippen molar-refractivity contribution in [3.8, 4) is 0 Å². The third-order valence-electron chi connectivity index (χ3n) is 2.85. The summed E-state index contributed by atoms with van der Waals surface area (Å²) >= 11 is 1.26. The lowest BCUT2D eigenvalue weighted by Gasteiger charge is -2.08. The van der Waals surface area contributed by atoms with Crippen molar-refractivity contribution in [2.24, 2.45) is 0 Å². The van der Waals surface area contributed by atoms with Gasteiger partial charge in [-0.3, -0.25) is 9.59 Å². The highest BCUT2D eigenvalue weighted by molar-refractivity contribution is 7.99. The first kappa shape index (κ1) is 15.3. The predicted molar refractivity (Wildman–Crippen MR) is 79.8 cm³/mol. The first-order valence-electron chi connectivity index (χ1n) is 6.38. The van der Waals surface area contributed by atoms with Crippen molar-refractivity contribution in [3.05, 3.63) is 29.2 Å². The summed E-state index contributed by atoms with van der Waals surface area (Å²) in [4.78, 5) is 26.7. The summed E-state index contributed by atoms with van der Waals surface area (Å²) in [5.74, 6) is -0.500. The Morgan fingerprint density at radius 2 is 2.19 bits per heavy atom. The summed E-state index contributed by atoms with van der Waals surface area (Å²) < 4.78 is 1.64. The van der Waals surface area contributed by atoms with E-state index in [-0.39, 0.29) is 11.7 Å². The number of aromatic nitrogens is 3. The van der Waals surface area contributed by atoms with Crippen molar-refractivity contribution >= 4 is 29.3 Å². The van der Waals surface area contributed by atoms with Crippen LogP contribution >= 0.6 is 11.8 Å². The lowest BCUT2D eigenvalue weighted by molar-refractivity contribution is -0.133. The minimum Gasteiger partial charge on any atom is -0.481 e. The van der Waals surface area contributed by atoms with Crippen LogP contribution in [-0.4, -0.2) is 49.6 Å². The molecule has 2 aromatic rings. The molecule has 0 saturated heterocycles. The van der Waals surface area contributed by atoms with E-state index in [1.165, 1.54) is 18.0 Å². The highest BCUT2D eigenvalue weighted by Crippen LogP contribution is 2.10. The number of aliphatic carboxylic acids is 1. The number of amides is 1. The van der Waals surface area contributed by atoms with Gasteiger partial charge in [0.1, 0.15) is 0 Å². The smallest absolute Gasteiger partial charge is 0.313 e. The third kappa shape index (κ3) is 3.72. The highest BCUT2D eigenvalue weighted by atomic mass is 32.2. The molecular weight excluding hydrogens is 292 g/mol. The van der Waals surface area contributed by atoms with E-state index in [4.69, 9.17) is 5.11 Å². The summed E-state index contributed by atoms with van der Waals surface area (Å²) in [7, 11) is 0. The Labute approximate surface area is 125 Å². The lowest BCUT2D eigenvalue weighted by Crippen LogP contribution is -2.27. The summed E-state index contributed by atoms with van der Waals surface area (Å²) in [6, 6.07) is 1.84. The van der Waals surface area contributed by atoms with Gasteiger partial charge in [0.15, 0.2) is 5.65 Å². The van der Waals surface area contributed by atoms with Gasteiger partial charge >= 0.3 is 5.97 Å². The molecule has 0 aromatic carbocycles. The van der Waals surface area contributed by atoms with Gasteiger partial charge in [-0.2, -0.15) is 5.10 Å². The van der Waals surface area contributed by atoms with E-state index in [1.807, 2.05) is 19.9 Å². The Morgan fingerprint density at radius 3 is 2.90 bits per heavy atom. The molecule has 2 aromatic heterocycles. The molecule has 8 heteroatoms. The van der Waals surface area contributed by atoms with Crippen LogP contribution < -0.4 is 5.32 Å². The fourth-order valence-corrected chi connectivity index (χ4v) is 2.44. The van der Waals surface area contributed by atoms with E-state index in [1.54, 1.807) is 4.52 Å². The molecule has 0 bridgehead atoms. The number of nitrogens with zero attached hydrogens (tertiary/aromatic N) is 3. The zero-order chi connectivity index (χ0) is 15.4. The van der Waals surface area contributed by atoms with E-state index >= 15 is 0 Å². The summed E-state index contributed by atoms with van der Waals surface area (Å²) in [5, 5.41) is 15.6. The first-order valence-corrected chi connectivity index (χ1v) is 7.54. The Balaban J connectivity index is 1.99. The van der Waals surface area contributed by atoms with Crippen LogP contribution in [0.4, 0.5) is 0 Å². The number of aryl methyl sites for hydroxylation is 2. The van der Waals surface area contributed by atoms with Crippen LogP contribution in [0.5, 0.6) is 0 Å². The second-order valence-corrected chi connectivity index (χ2v) is 5.62. The molecule has 112 valence electrons. The number of rotatable bonds is 6. The fourth-order valence-electron chi connectivity index (χ4n) is 1.88. The molecule has 2 rings (SSSR count). The molecule has 7 nitrogen and oxygen atoms in total. The van der Waals surface area contributed by atoms with Crippen LogP contribution in [-0.2, 0) is 4.79 Å². The molecule has 0 saturated carbocycles. The molecule has 21 heavy (non-hydrogen) atoms. The number of carbonyl (C=O) groups is 2. The number of hydrogen-bond acceptors (Lipinski definition) is 5. The number of hydrogen-bond donors (Lipinski definition) is 2. The molecule has 0 aliphatic rings. The van der Waals surface area contributed by atoms with E-state index in [0.29, 0.717) is 23.5 Å². The van der Waals surface area contributed by atoms with Gasteiger partial charge < -0.3 is 10.4 Å². The highest BCUT2D eigenvalue weighted by Gasteiger charge is 2.13. The maximum atomic E-state index is 12.1. The number of fused-ring (bicyclic) bond motifs is 1. The summed E-state index contributed by atoms with van der Waals surface area (Å²) in [5.41, 5.74) is 2.74. The summed E-state index contributed by atoms with van der Waals surface area (Å²) in [6.45, 7) is 4.09. The Hall–Kier alpha value is -2.09. The van der Waals surface area contributed by atoms with Crippen molar-refractivity contribution in [1.29, 1.82) is 0 Å². The van der Waals surface area contributed by atoms with Crippen LogP contribution in [0.1, 0.15) is 21.7 Å². The SMILES string of the molecule is Cc1cc2ncc(C(=O)NCCSCC(=O)O)c(C)n2n1. The van der Waals surface area contributed by atoms with Gasteiger partial charge in [-0.15, -0.1) is 11.8 Å². The van der Waals surface area contributed by atoms with Gasteiger partial charge in [0, 0.05) is 24.6 Å². The Morgan fingerprint density at radius 1 is 1.43 bits per heavy atom. The molecule has 0 aliphatic heterocycles. The molecular formula is C13H16N4O3S. The van der Waals surface area contributed by atoms with Gasteiger partial charge in [-0.05, 0) is 13.8 Å². The van der Waals surface area contributed by atoms with Crippen LogP contribution in [0.25, 0.3) is 5.65 Å². The molecule has 0 radical (unpaired) electrons. The number of carbonyl (C=O) groups excluding carboxylic acids is 1. The van der Waals surface area contributed by atoms with Gasteiger partial charge in [-0.1, -0.05) is 0 Å². The van der Waals surface area contributed by atoms with Crippen molar-refractivity contribution in [2.75, 3.05) is 18.1 Å². The van der Waals surface area contributed by atoms with Crippen molar-refractivity contribution in [1.82, 2.24) is 19.9 Å². The first-order chi connectivity index (χ1) is 9.99. The molecule has 2 N–H and O–H groups in total. The Bertz CT molecular complexity index is 683. The van der Waals surface area contributed by atoms with Crippen LogP contribution in [0.15, 0.2) is 12.3 Å². The van der Waals surface area contributed by atoms with Crippen molar-refractivity contribution in [3.63, 3.8) is 0 Å². The van der Waals surface area contributed by atoms with Crippen LogP contribution in [0.2, 0.25) is 0 Å². The molecule has 1 amide bonds. The number of thioether (sulfide) groups is 1. The van der Waals surface area contributed by atoms with Gasteiger partial charge in [0.25, 0.3) is 5.91 Å². The van der Waals surface area contributed by atoms with Gasteiger partial charge in [0.2, 0.25) is 0 Å². The topological polar surface area (TPSA) is 96.6 Å². The third-order valence-corrected chi connectivity index (χ3v) is 3.79. The predicted octanol–water partition coefficient (Wildman–Crippen LogP) is 0.894. The van der Waals surface area contributed by atoms with Gasteiger partial charge in [0.05, 0.1) is 22.7 Å². The van der Waals surface area contributed by atoms with Crippen LogP contribution in [0, 0.1) is 13.8 Å². The van der Waals surface area contributed by atoms with Gasteiger partial charge in [-0.25, -0.2) is 9.50 Å². The van der Waals surface area contributed by atoms with Crippen molar-refractivity contribution in [2.45, 2.75) is 13.8 Å². The van der Waals surface area contributed by atoms with E-state index in [9.17, 15) is 9.59 Å². The average Bonchev–Trinajstić information content (AvgIpc) is 2.79. The molecule has 0 atom stereocenters. The van der Waals surface area contributed by atoms with Crippen LogP contribution in [0.3, 0.4) is 0 Å². The zero-order valence-corrected chi connectivity index (χ0v) is 12.6. The molecule has 0 aliphatic carbocycles. The molecule has 0 fully saturated rings. The average molecular weight is 308 g/mol. The van der Waals surface area contributed by atoms with E-state index in [0.717, 1.165) is 11.4 Å². The minimum atomic E-state index is -0.856. The second kappa shape index (κ2) is 6.57. The zero-order valence-electron chi connectivity index (χ0n) is 11.8. The number of carboxylic acids is 1. The molecule has 0 unspecified atom stereocenters. The molecule has 2 heterocycles.